The van der Waals surface area contributed by atoms with Crippen LogP contribution in [0.15, 0.2) is 30.3 Å². The molecule has 1 aliphatic heterocycles. The summed E-state index contributed by atoms with van der Waals surface area (Å²) >= 11 is 0. The maximum absolute atomic E-state index is 11.7. The van der Waals surface area contributed by atoms with E-state index in [2.05, 4.69) is 5.32 Å². The summed E-state index contributed by atoms with van der Waals surface area (Å²) in [5.74, 6) is 0.484. The van der Waals surface area contributed by atoms with E-state index in [0.717, 1.165) is 31.6 Å². The average Bonchev–Trinajstić information content (AvgIpc) is 2.49. The van der Waals surface area contributed by atoms with Crippen LogP contribution in [0.2, 0.25) is 0 Å². The molecule has 110 valence electrons. The van der Waals surface area contributed by atoms with Crippen LogP contribution in [0.3, 0.4) is 0 Å². The van der Waals surface area contributed by atoms with Crippen molar-refractivity contribution in [3.63, 3.8) is 0 Å². The first-order chi connectivity index (χ1) is 9.84. The predicted octanol–water partition coefficient (Wildman–Crippen LogP) is 2.14. The van der Waals surface area contributed by atoms with Gasteiger partial charge >= 0.3 is 0 Å². The summed E-state index contributed by atoms with van der Waals surface area (Å²) in [6.45, 7) is 3.26. The third-order valence-electron chi connectivity index (χ3n) is 3.41. The van der Waals surface area contributed by atoms with Crippen LogP contribution in [0.25, 0.3) is 0 Å². The zero-order valence-corrected chi connectivity index (χ0v) is 11.8. The number of nitrogens with one attached hydrogen (secondary N) is 1. The van der Waals surface area contributed by atoms with Crippen molar-refractivity contribution in [3.8, 4) is 0 Å². The van der Waals surface area contributed by atoms with Gasteiger partial charge in [-0.3, -0.25) is 4.79 Å². The lowest BCUT2D eigenvalue weighted by Gasteiger charge is -2.21. The highest BCUT2D eigenvalue weighted by molar-refractivity contribution is 5.76. The van der Waals surface area contributed by atoms with E-state index in [-0.39, 0.29) is 5.91 Å². The van der Waals surface area contributed by atoms with Crippen molar-refractivity contribution < 1.29 is 14.3 Å². The molecule has 0 unspecified atom stereocenters. The third kappa shape index (κ3) is 5.72. The molecule has 0 radical (unpaired) electrons. The van der Waals surface area contributed by atoms with Crippen LogP contribution in [0.4, 0.5) is 0 Å². The standard InChI is InChI=1S/C16H23NO3/c18-16(11-15-7-4-9-19-13-15)17-8-10-20-12-14-5-2-1-3-6-14/h1-3,5-6,15H,4,7-13H2,(H,17,18)/t15-/m0/s1. The molecule has 1 atom stereocenters. The Hall–Kier alpha value is -1.39. The average molecular weight is 277 g/mol. The molecule has 0 spiro atoms. The number of ether oxygens (including phenoxy) is 2. The Morgan fingerprint density at radius 3 is 2.95 bits per heavy atom. The zero-order valence-electron chi connectivity index (χ0n) is 11.8. The van der Waals surface area contributed by atoms with Crippen LogP contribution in [-0.2, 0) is 20.9 Å². The first-order valence-corrected chi connectivity index (χ1v) is 7.30. The van der Waals surface area contributed by atoms with Crippen molar-refractivity contribution in [1.82, 2.24) is 5.32 Å². The molecule has 4 nitrogen and oxygen atoms in total. The van der Waals surface area contributed by atoms with Gasteiger partial charge < -0.3 is 14.8 Å². The Kier molecular flexibility index (Phi) is 6.54. The number of amides is 1. The molecule has 1 aromatic rings. The molecule has 0 bridgehead atoms. The predicted molar refractivity (Wildman–Crippen MR) is 77.3 cm³/mol. The van der Waals surface area contributed by atoms with Crippen LogP contribution in [-0.4, -0.2) is 32.3 Å². The summed E-state index contributed by atoms with van der Waals surface area (Å²) in [4.78, 5) is 11.7. The second-order valence-corrected chi connectivity index (χ2v) is 5.18. The monoisotopic (exact) mass is 277 g/mol. The Morgan fingerprint density at radius 2 is 2.20 bits per heavy atom. The molecule has 20 heavy (non-hydrogen) atoms. The van der Waals surface area contributed by atoms with Crippen molar-refractivity contribution >= 4 is 5.91 Å². The van der Waals surface area contributed by atoms with E-state index in [1.807, 2.05) is 30.3 Å². The molecule has 1 heterocycles. The molecule has 0 aliphatic carbocycles. The van der Waals surface area contributed by atoms with Gasteiger partial charge in [-0.15, -0.1) is 0 Å². The Morgan fingerprint density at radius 1 is 1.35 bits per heavy atom. The fourth-order valence-electron chi connectivity index (χ4n) is 2.33. The third-order valence-corrected chi connectivity index (χ3v) is 3.41. The molecule has 2 rings (SSSR count). The lowest BCUT2D eigenvalue weighted by molar-refractivity contribution is -0.123. The van der Waals surface area contributed by atoms with Crippen molar-refractivity contribution in [3.05, 3.63) is 35.9 Å². The number of carbonyl (C=O) groups excluding carboxylic acids is 1. The number of hydrogen-bond acceptors (Lipinski definition) is 3. The second kappa shape index (κ2) is 8.72. The van der Waals surface area contributed by atoms with E-state index < -0.39 is 0 Å². The minimum atomic E-state index is 0.101. The number of hydrogen-bond donors (Lipinski definition) is 1. The highest BCUT2D eigenvalue weighted by Gasteiger charge is 2.17. The molecule has 1 aliphatic rings. The Labute approximate surface area is 120 Å². The molecule has 1 N–H and O–H groups in total. The summed E-state index contributed by atoms with van der Waals surface area (Å²) in [6.07, 6.45) is 2.73. The summed E-state index contributed by atoms with van der Waals surface area (Å²) in [7, 11) is 0. The molecule has 0 aromatic heterocycles. The SMILES string of the molecule is O=C(C[C@@H]1CCCOC1)NCCOCc1ccccc1. The van der Waals surface area contributed by atoms with E-state index >= 15 is 0 Å². The number of benzene rings is 1. The molecule has 1 aromatic carbocycles. The lowest BCUT2D eigenvalue weighted by atomic mass is 9.98. The van der Waals surface area contributed by atoms with Gasteiger partial charge in [0.25, 0.3) is 0 Å². The molecule has 1 saturated heterocycles. The van der Waals surface area contributed by atoms with Crippen LogP contribution in [0.1, 0.15) is 24.8 Å². The molecule has 4 heteroatoms. The molecule has 1 fully saturated rings. The minimum absolute atomic E-state index is 0.101. The van der Waals surface area contributed by atoms with E-state index in [1.165, 1.54) is 0 Å². The fraction of sp³-hybridized carbons (Fsp3) is 0.562. The van der Waals surface area contributed by atoms with Gasteiger partial charge in [-0.1, -0.05) is 30.3 Å². The van der Waals surface area contributed by atoms with Gasteiger partial charge in [0.05, 0.1) is 13.2 Å². The number of rotatable bonds is 7. The summed E-state index contributed by atoms with van der Waals surface area (Å²) < 4.78 is 10.9. The van der Waals surface area contributed by atoms with Crippen LogP contribution in [0.5, 0.6) is 0 Å². The van der Waals surface area contributed by atoms with Gasteiger partial charge in [0.2, 0.25) is 5.91 Å². The maximum Gasteiger partial charge on any atom is 0.220 e. The minimum Gasteiger partial charge on any atom is -0.381 e. The fourth-order valence-corrected chi connectivity index (χ4v) is 2.33. The van der Waals surface area contributed by atoms with Crippen molar-refractivity contribution in [2.75, 3.05) is 26.4 Å². The van der Waals surface area contributed by atoms with Gasteiger partial charge in [0.15, 0.2) is 0 Å². The highest BCUT2D eigenvalue weighted by Crippen LogP contribution is 2.16. The maximum atomic E-state index is 11.7. The number of carbonyl (C=O) groups is 1. The first kappa shape index (κ1) is 15.0. The zero-order chi connectivity index (χ0) is 14.0. The van der Waals surface area contributed by atoms with Gasteiger partial charge in [-0.25, -0.2) is 0 Å². The highest BCUT2D eigenvalue weighted by atomic mass is 16.5. The second-order valence-electron chi connectivity index (χ2n) is 5.18. The van der Waals surface area contributed by atoms with Gasteiger partial charge in [0, 0.05) is 26.2 Å². The van der Waals surface area contributed by atoms with E-state index in [4.69, 9.17) is 9.47 Å². The van der Waals surface area contributed by atoms with E-state index in [1.54, 1.807) is 0 Å². The Bertz CT molecular complexity index is 388. The van der Waals surface area contributed by atoms with Gasteiger partial charge in [-0.05, 0) is 24.3 Å². The summed E-state index contributed by atoms with van der Waals surface area (Å²) in [5, 5.41) is 2.90. The molecule has 1 amide bonds. The normalized spacial score (nSPS) is 18.7. The van der Waals surface area contributed by atoms with Crippen LogP contribution >= 0.6 is 0 Å². The van der Waals surface area contributed by atoms with Crippen LogP contribution < -0.4 is 5.32 Å². The summed E-state index contributed by atoms with van der Waals surface area (Å²) in [6, 6.07) is 10.0. The molecular formula is C16H23NO3. The Balaban J connectivity index is 1.51. The largest absolute Gasteiger partial charge is 0.381 e. The topological polar surface area (TPSA) is 47.6 Å². The van der Waals surface area contributed by atoms with E-state index in [9.17, 15) is 4.79 Å². The lowest BCUT2D eigenvalue weighted by Crippen LogP contribution is -2.31. The molecular weight excluding hydrogens is 254 g/mol. The van der Waals surface area contributed by atoms with Gasteiger partial charge in [-0.2, -0.15) is 0 Å². The van der Waals surface area contributed by atoms with Crippen molar-refractivity contribution in [1.29, 1.82) is 0 Å². The van der Waals surface area contributed by atoms with Gasteiger partial charge in [0.1, 0.15) is 0 Å². The summed E-state index contributed by atoms with van der Waals surface area (Å²) in [5.41, 5.74) is 1.15. The van der Waals surface area contributed by atoms with Crippen molar-refractivity contribution in [2.45, 2.75) is 25.9 Å². The quantitative estimate of drug-likeness (QED) is 0.777. The van der Waals surface area contributed by atoms with Crippen molar-refractivity contribution in [2.24, 2.45) is 5.92 Å². The molecule has 0 saturated carbocycles. The van der Waals surface area contributed by atoms with Crippen LogP contribution in [0, 0.1) is 5.92 Å². The van der Waals surface area contributed by atoms with E-state index in [0.29, 0.717) is 32.1 Å². The smallest absolute Gasteiger partial charge is 0.220 e. The first-order valence-electron chi connectivity index (χ1n) is 7.30.